The van der Waals surface area contributed by atoms with Crippen LogP contribution in [-0.4, -0.2) is 40.7 Å². The molecule has 0 aliphatic carbocycles. The molecular formula is C26H21NO5. The molecule has 3 N–H and O–H groups in total. The summed E-state index contributed by atoms with van der Waals surface area (Å²) in [5, 5.41) is 21.0. The van der Waals surface area contributed by atoms with Crippen LogP contribution in [0.4, 0.5) is 0 Å². The van der Waals surface area contributed by atoms with Gasteiger partial charge in [0.15, 0.2) is 11.5 Å². The highest BCUT2D eigenvalue weighted by Crippen LogP contribution is 2.21. The number of rotatable bonds is 6. The fraction of sp³-hybridized carbons (Fsp3) is 0.154. The number of Topliss-reactive ketones (excluding diaryl/α,β-unsaturated/α-hetero) is 1. The molecule has 0 aliphatic heterocycles. The molecule has 0 spiro atoms. The largest absolute Gasteiger partial charge is 0.448 e. The minimum absolute atomic E-state index is 0.294. The van der Waals surface area contributed by atoms with Crippen molar-refractivity contribution in [3.8, 4) is 35.0 Å². The van der Waals surface area contributed by atoms with Gasteiger partial charge in [-0.05, 0) is 61.1 Å². The second kappa shape index (κ2) is 10.8. The molecule has 2 aromatic carbocycles. The van der Waals surface area contributed by atoms with Gasteiger partial charge in [0.1, 0.15) is 18.4 Å². The van der Waals surface area contributed by atoms with Gasteiger partial charge >= 0.3 is 0 Å². The topological polar surface area (TPSA) is 99.8 Å². The predicted octanol–water partition coefficient (Wildman–Crippen LogP) is 2.39. The number of aliphatic hydroxyl groups is 2. The number of benzene rings is 2. The monoisotopic (exact) mass is 427 g/mol. The smallest absolute Gasteiger partial charge is 0.251 e. The number of nitrogens with one attached hydrogen (secondary N) is 1. The standard InChI is InChI=1S/C26H21NO5/c1-18(29)25(23(30)17-28)27-26(31)21-13-11-19(12-14-21)7-5-6-10-22-15-16-24(32-22)20-8-3-2-4-9-20/h2-4,8-9,11-16,18,25,28-29H,17H2,1H3,(H,27,31)/t18-,25+/m1/s1. The van der Waals surface area contributed by atoms with Crippen LogP contribution in [0.1, 0.15) is 28.6 Å². The summed E-state index contributed by atoms with van der Waals surface area (Å²) in [4.78, 5) is 23.9. The summed E-state index contributed by atoms with van der Waals surface area (Å²) in [6.45, 7) is 0.598. The lowest BCUT2D eigenvalue weighted by Gasteiger charge is -2.19. The molecule has 0 unspecified atom stereocenters. The number of carbonyl (C=O) groups is 2. The van der Waals surface area contributed by atoms with Crippen molar-refractivity contribution in [2.75, 3.05) is 6.61 Å². The fourth-order valence-electron chi connectivity index (χ4n) is 2.86. The molecule has 0 saturated heterocycles. The third-order valence-corrected chi connectivity index (χ3v) is 4.54. The van der Waals surface area contributed by atoms with Gasteiger partial charge in [0.05, 0.1) is 6.10 Å². The Morgan fingerprint density at radius 1 is 0.969 bits per heavy atom. The Labute approximate surface area is 185 Å². The molecule has 0 saturated carbocycles. The first-order valence-corrected chi connectivity index (χ1v) is 9.88. The Bertz CT molecular complexity index is 1200. The van der Waals surface area contributed by atoms with Gasteiger partial charge in [0.2, 0.25) is 0 Å². The maximum Gasteiger partial charge on any atom is 0.251 e. The Hall–Kier alpha value is -4.10. The number of carbonyl (C=O) groups excluding carboxylic acids is 2. The van der Waals surface area contributed by atoms with Gasteiger partial charge in [-0.1, -0.05) is 36.3 Å². The molecule has 160 valence electrons. The van der Waals surface area contributed by atoms with Crippen LogP contribution >= 0.6 is 0 Å². The van der Waals surface area contributed by atoms with E-state index in [1.165, 1.54) is 6.92 Å². The van der Waals surface area contributed by atoms with Crippen LogP contribution in [0.15, 0.2) is 71.1 Å². The van der Waals surface area contributed by atoms with Crippen molar-refractivity contribution in [1.82, 2.24) is 5.32 Å². The van der Waals surface area contributed by atoms with E-state index in [-0.39, 0.29) is 0 Å². The number of amides is 1. The Morgan fingerprint density at radius 2 is 1.66 bits per heavy atom. The molecule has 1 heterocycles. The quantitative estimate of drug-likeness (QED) is 0.525. The van der Waals surface area contributed by atoms with Crippen molar-refractivity contribution >= 4 is 11.7 Å². The highest BCUT2D eigenvalue weighted by molar-refractivity contribution is 5.98. The maximum atomic E-state index is 12.3. The molecule has 2 atom stereocenters. The van der Waals surface area contributed by atoms with Gasteiger partial charge in [0, 0.05) is 16.7 Å². The van der Waals surface area contributed by atoms with Gasteiger partial charge in [-0.3, -0.25) is 9.59 Å². The van der Waals surface area contributed by atoms with E-state index < -0.39 is 30.4 Å². The van der Waals surface area contributed by atoms with E-state index in [4.69, 9.17) is 9.52 Å². The van der Waals surface area contributed by atoms with Gasteiger partial charge < -0.3 is 19.9 Å². The number of aliphatic hydroxyl groups excluding tert-OH is 2. The van der Waals surface area contributed by atoms with E-state index in [0.717, 1.165) is 11.3 Å². The maximum absolute atomic E-state index is 12.3. The van der Waals surface area contributed by atoms with Crippen molar-refractivity contribution in [3.05, 3.63) is 83.6 Å². The highest BCUT2D eigenvalue weighted by atomic mass is 16.3. The minimum atomic E-state index is -1.17. The van der Waals surface area contributed by atoms with E-state index in [2.05, 4.69) is 29.0 Å². The summed E-state index contributed by atoms with van der Waals surface area (Å²) in [6.07, 6.45) is -1.12. The average molecular weight is 427 g/mol. The SMILES string of the molecule is C[C@@H](O)[C@H](NC(=O)c1ccc(C#CC#Cc2ccc(-c3ccccc3)o2)cc1)C(=O)CO. The van der Waals surface area contributed by atoms with E-state index in [1.54, 1.807) is 30.3 Å². The number of furan rings is 1. The van der Waals surface area contributed by atoms with Crippen LogP contribution in [-0.2, 0) is 4.79 Å². The van der Waals surface area contributed by atoms with Crippen LogP contribution in [0, 0.1) is 23.7 Å². The van der Waals surface area contributed by atoms with Crippen LogP contribution in [0.5, 0.6) is 0 Å². The van der Waals surface area contributed by atoms with E-state index in [0.29, 0.717) is 16.9 Å². The van der Waals surface area contributed by atoms with E-state index in [1.807, 2.05) is 36.4 Å². The van der Waals surface area contributed by atoms with Crippen molar-refractivity contribution < 1.29 is 24.2 Å². The molecular weight excluding hydrogens is 406 g/mol. The van der Waals surface area contributed by atoms with Crippen molar-refractivity contribution in [3.63, 3.8) is 0 Å². The lowest BCUT2D eigenvalue weighted by Crippen LogP contribution is -2.48. The second-order valence-corrected chi connectivity index (χ2v) is 6.92. The summed E-state index contributed by atoms with van der Waals surface area (Å²) in [7, 11) is 0. The van der Waals surface area contributed by atoms with Gasteiger partial charge in [0.25, 0.3) is 5.91 Å². The Kier molecular flexibility index (Phi) is 7.61. The molecule has 6 heteroatoms. The zero-order valence-corrected chi connectivity index (χ0v) is 17.3. The van der Waals surface area contributed by atoms with Crippen LogP contribution < -0.4 is 5.32 Å². The first-order chi connectivity index (χ1) is 15.5. The molecule has 0 aliphatic rings. The van der Waals surface area contributed by atoms with Gasteiger partial charge in [-0.25, -0.2) is 0 Å². The molecule has 32 heavy (non-hydrogen) atoms. The lowest BCUT2D eigenvalue weighted by molar-refractivity contribution is -0.125. The predicted molar refractivity (Wildman–Crippen MR) is 119 cm³/mol. The molecule has 0 bridgehead atoms. The molecule has 1 amide bonds. The van der Waals surface area contributed by atoms with Crippen molar-refractivity contribution in [2.45, 2.75) is 19.1 Å². The normalized spacial score (nSPS) is 11.8. The van der Waals surface area contributed by atoms with E-state index in [9.17, 15) is 14.7 Å². The number of hydrogen-bond acceptors (Lipinski definition) is 5. The van der Waals surface area contributed by atoms with Crippen molar-refractivity contribution in [1.29, 1.82) is 0 Å². The zero-order valence-electron chi connectivity index (χ0n) is 17.3. The summed E-state index contributed by atoms with van der Waals surface area (Å²) < 4.78 is 5.69. The van der Waals surface area contributed by atoms with Gasteiger partial charge in [-0.15, -0.1) is 0 Å². The Morgan fingerprint density at radius 3 is 2.31 bits per heavy atom. The summed E-state index contributed by atoms with van der Waals surface area (Å²) in [6, 6.07) is 18.6. The average Bonchev–Trinajstić information content (AvgIpc) is 3.29. The highest BCUT2D eigenvalue weighted by Gasteiger charge is 2.25. The summed E-state index contributed by atoms with van der Waals surface area (Å²) in [5.74, 6) is 11.2. The van der Waals surface area contributed by atoms with Crippen LogP contribution in [0.25, 0.3) is 11.3 Å². The van der Waals surface area contributed by atoms with E-state index >= 15 is 0 Å². The molecule has 0 radical (unpaired) electrons. The molecule has 6 nitrogen and oxygen atoms in total. The first-order valence-electron chi connectivity index (χ1n) is 9.88. The minimum Gasteiger partial charge on any atom is -0.448 e. The van der Waals surface area contributed by atoms with Crippen LogP contribution in [0.3, 0.4) is 0 Å². The number of hydrogen-bond donors (Lipinski definition) is 3. The van der Waals surface area contributed by atoms with Gasteiger partial charge in [-0.2, -0.15) is 0 Å². The Balaban J connectivity index is 1.62. The molecule has 3 rings (SSSR count). The first kappa shape index (κ1) is 22.6. The summed E-state index contributed by atoms with van der Waals surface area (Å²) in [5.41, 5.74) is 1.91. The second-order valence-electron chi connectivity index (χ2n) is 6.92. The molecule has 0 fully saturated rings. The van der Waals surface area contributed by atoms with Crippen LogP contribution in [0.2, 0.25) is 0 Å². The molecule has 3 aromatic rings. The third-order valence-electron chi connectivity index (χ3n) is 4.54. The zero-order chi connectivity index (χ0) is 22.9. The van der Waals surface area contributed by atoms with Crippen molar-refractivity contribution in [2.24, 2.45) is 0 Å². The fourth-order valence-corrected chi connectivity index (χ4v) is 2.86. The third kappa shape index (κ3) is 5.96. The number of ketones is 1. The summed E-state index contributed by atoms with van der Waals surface area (Å²) >= 11 is 0. The lowest BCUT2D eigenvalue weighted by atomic mass is 10.1. The molecule has 1 aromatic heterocycles.